The number of benzene rings is 1. The molecule has 0 amide bonds. The fraction of sp³-hybridized carbons (Fsp3) is 0.444. The van der Waals surface area contributed by atoms with Gasteiger partial charge < -0.3 is 15.5 Å². The van der Waals surface area contributed by atoms with E-state index in [9.17, 15) is 9.59 Å². The van der Waals surface area contributed by atoms with Crippen molar-refractivity contribution in [3.05, 3.63) is 35.2 Å². The molecule has 24 heavy (non-hydrogen) atoms. The van der Waals surface area contributed by atoms with Crippen LogP contribution in [0.5, 0.6) is 0 Å². The Morgan fingerprint density at radius 3 is 2.54 bits per heavy atom. The Labute approximate surface area is 145 Å². The third-order valence-electron chi connectivity index (χ3n) is 4.15. The van der Waals surface area contributed by atoms with Gasteiger partial charge in [-0.15, -0.1) is 11.3 Å². The molecule has 3 N–H and O–H groups in total. The first-order chi connectivity index (χ1) is 11.5. The van der Waals surface area contributed by atoms with E-state index in [2.05, 4.69) is 41.9 Å². The number of piperidine rings is 1. The highest BCUT2D eigenvalue weighted by atomic mass is 32.1. The number of carboxylic acid groups (broad SMARTS) is 2. The average Bonchev–Trinajstić information content (AvgIpc) is 3.02. The second-order valence-electron chi connectivity index (χ2n) is 6.04. The molecular formula is C18H23NO4S. The number of carbonyl (C=O) groups is 2. The lowest BCUT2D eigenvalue weighted by Crippen LogP contribution is -2.34. The van der Waals surface area contributed by atoms with E-state index in [1.807, 2.05) is 11.3 Å². The highest BCUT2D eigenvalue weighted by molar-refractivity contribution is 7.17. The smallest absolute Gasteiger partial charge is 0.303 e. The third-order valence-corrected chi connectivity index (χ3v) is 5.03. The van der Waals surface area contributed by atoms with E-state index in [1.165, 1.54) is 22.9 Å². The standard InChI is InChI=1S/C14H17NS.C4H6O4/c1-10-9-11(5-7-15-10)12-3-2-4-14-13(12)6-8-16-14;5-3(6)1-2-4(7)8/h2-4,6,8,10-11,15H,5,7,9H2,1H3;1-2H2,(H,5,6)(H,7,8). The van der Waals surface area contributed by atoms with E-state index >= 15 is 0 Å². The zero-order chi connectivity index (χ0) is 17.5. The van der Waals surface area contributed by atoms with Crippen LogP contribution in [0.15, 0.2) is 29.6 Å². The van der Waals surface area contributed by atoms with Crippen LogP contribution >= 0.6 is 11.3 Å². The van der Waals surface area contributed by atoms with Crippen molar-refractivity contribution in [2.45, 2.75) is 44.6 Å². The number of thiophene rings is 1. The van der Waals surface area contributed by atoms with Crippen molar-refractivity contribution in [1.29, 1.82) is 0 Å². The van der Waals surface area contributed by atoms with Gasteiger partial charge in [-0.2, -0.15) is 0 Å². The Morgan fingerprint density at radius 1 is 1.21 bits per heavy atom. The van der Waals surface area contributed by atoms with Crippen molar-refractivity contribution >= 4 is 33.4 Å². The minimum absolute atomic E-state index is 0.296. The molecule has 0 bridgehead atoms. The molecule has 1 aliphatic heterocycles. The van der Waals surface area contributed by atoms with Gasteiger partial charge in [0.05, 0.1) is 12.8 Å². The molecule has 2 unspecified atom stereocenters. The monoisotopic (exact) mass is 349 g/mol. The van der Waals surface area contributed by atoms with Crippen LogP contribution in [0, 0.1) is 0 Å². The normalized spacial score (nSPS) is 20.2. The molecule has 1 fully saturated rings. The quantitative estimate of drug-likeness (QED) is 0.783. The van der Waals surface area contributed by atoms with Gasteiger partial charge in [-0.05, 0) is 60.7 Å². The van der Waals surface area contributed by atoms with Gasteiger partial charge in [-0.1, -0.05) is 12.1 Å². The summed E-state index contributed by atoms with van der Waals surface area (Å²) < 4.78 is 1.43. The molecule has 130 valence electrons. The Kier molecular flexibility index (Phi) is 6.75. The molecule has 2 aromatic rings. The van der Waals surface area contributed by atoms with Gasteiger partial charge in [0.25, 0.3) is 0 Å². The van der Waals surface area contributed by atoms with Gasteiger partial charge in [0, 0.05) is 10.7 Å². The van der Waals surface area contributed by atoms with Gasteiger partial charge in [0.1, 0.15) is 0 Å². The highest BCUT2D eigenvalue weighted by Crippen LogP contribution is 2.34. The fourth-order valence-electron chi connectivity index (χ4n) is 3.00. The maximum Gasteiger partial charge on any atom is 0.303 e. The molecule has 0 aliphatic carbocycles. The minimum Gasteiger partial charge on any atom is -0.481 e. The predicted molar refractivity (Wildman–Crippen MR) is 95.8 cm³/mol. The summed E-state index contributed by atoms with van der Waals surface area (Å²) >= 11 is 1.85. The second kappa shape index (κ2) is 8.80. The summed E-state index contributed by atoms with van der Waals surface area (Å²) in [6, 6.07) is 9.70. The van der Waals surface area contributed by atoms with Crippen molar-refractivity contribution in [3.8, 4) is 0 Å². The van der Waals surface area contributed by atoms with Gasteiger partial charge in [-0.3, -0.25) is 9.59 Å². The van der Waals surface area contributed by atoms with Crippen molar-refractivity contribution in [2.24, 2.45) is 0 Å². The van der Waals surface area contributed by atoms with Gasteiger partial charge in [-0.25, -0.2) is 0 Å². The molecule has 1 saturated heterocycles. The Morgan fingerprint density at radius 2 is 1.92 bits per heavy atom. The molecule has 3 rings (SSSR count). The summed E-state index contributed by atoms with van der Waals surface area (Å²) in [7, 11) is 0. The zero-order valence-corrected chi connectivity index (χ0v) is 14.5. The fourth-order valence-corrected chi connectivity index (χ4v) is 3.82. The maximum atomic E-state index is 9.64. The number of nitrogens with one attached hydrogen (secondary N) is 1. The van der Waals surface area contributed by atoms with Crippen LogP contribution in [-0.2, 0) is 9.59 Å². The van der Waals surface area contributed by atoms with E-state index in [1.54, 1.807) is 5.56 Å². The van der Waals surface area contributed by atoms with E-state index in [-0.39, 0.29) is 12.8 Å². The highest BCUT2D eigenvalue weighted by Gasteiger charge is 2.21. The zero-order valence-electron chi connectivity index (χ0n) is 13.7. The molecule has 1 aliphatic rings. The first-order valence-electron chi connectivity index (χ1n) is 8.10. The average molecular weight is 349 g/mol. The first-order valence-corrected chi connectivity index (χ1v) is 8.98. The Balaban J connectivity index is 0.000000224. The number of carboxylic acids is 2. The summed E-state index contributed by atoms with van der Waals surface area (Å²) in [5.41, 5.74) is 1.56. The molecular weight excluding hydrogens is 326 g/mol. The third kappa shape index (κ3) is 5.32. The number of hydrogen-bond acceptors (Lipinski definition) is 4. The van der Waals surface area contributed by atoms with Crippen molar-refractivity contribution in [2.75, 3.05) is 6.54 Å². The molecule has 2 heterocycles. The summed E-state index contributed by atoms with van der Waals surface area (Å²) in [6.07, 6.45) is 1.96. The van der Waals surface area contributed by atoms with Crippen molar-refractivity contribution in [1.82, 2.24) is 5.32 Å². The molecule has 5 nitrogen and oxygen atoms in total. The molecule has 2 atom stereocenters. The summed E-state index contributed by atoms with van der Waals surface area (Å²) in [4.78, 5) is 19.3. The number of rotatable bonds is 4. The molecule has 0 radical (unpaired) electrons. The Hall–Kier alpha value is -1.92. The van der Waals surface area contributed by atoms with Gasteiger partial charge in [0.2, 0.25) is 0 Å². The topological polar surface area (TPSA) is 86.6 Å². The van der Waals surface area contributed by atoms with Gasteiger partial charge in [0.15, 0.2) is 0 Å². The van der Waals surface area contributed by atoms with Crippen molar-refractivity contribution in [3.63, 3.8) is 0 Å². The lowest BCUT2D eigenvalue weighted by Gasteiger charge is -2.28. The number of fused-ring (bicyclic) bond motifs is 1. The van der Waals surface area contributed by atoms with E-state index in [0.717, 1.165) is 12.5 Å². The number of aliphatic carboxylic acids is 2. The van der Waals surface area contributed by atoms with Crippen LogP contribution in [0.3, 0.4) is 0 Å². The van der Waals surface area contributed by atoms with Gasteiger partial charge >= 0.3 is 11.9 Å². The Bertz CT molecular complexity index is 683. The van der Waals surface area contributed by atoms with Crippen LogP contribution in [0.1, 0.15) is 44.1 Å². The van der Waals surface area contributed by atoms with Crippen LogP contribution in [0.4, 0.5) is 0 Å². The number of hydrogen-bond donors (Lipinski definition) is 3. The lowest BCUT2D eigenvalue weighted by atomic mass is 9.85. The van der Waals surface area contributed by atoms with Crippen LogP contribution in [0.2, 0.25) is 0 Å². The maximum absolute atomic E-state index is 9.64. The molecule has 6 heteroatoms. The molecule has 0 spiro atoms. The molecule has 1 aromatic heterocycles. The predicted octanol–water partition coefficient (Wildman–Crippen LogP) is 3.69. The van der Waals surface area contributed by atoms with Crippen molar-refractivity contribution < 1.29 is 19.8 Å². The second-order valence-corrected chi connectivity index (χ2v) is 6.99. The summed E-state index contributed by atoms with van der Waals surface area (Å²) in [6.45, 7) is 3.45. The van der Waals surface area contributed by atoms with Crippen LogP contribution in [-0.4, -0.2) is 34.7 Å². The van der Waals surface area contributed by atoms with E-state index < -0.39 is 11.9 Å². The minimum atomic E-state index is -1.08. The molecule has 0 saturated carbocycles. The van der Waals surface area contributed by atoms with E-state index in [0.29, 0.717) is 6.04 Å². The first kappa shape index (κ1) is 18.4. The lowest BCUT2D eigenvalue weighted by molar-refractivity contribution is -0.143. The summed E-state index contributed by atoms with van der Waals surface area (Å²) in [5, 5.41) is 23.0. The van der Waals surface area contributed by atoms with E-state index in [4.69, 9.17) is 10.2 Å². The summed E-state index contributed by atoms with van der Waals surface area (Å²) in [5.74, 6) is -1.41. The SMILES string of the molecule is CC1CC(c2cccc3sccc23)CCN1.O=C(O)CCC(=O)O. The molecule has 1 aromatic carbocycles. The van der Waals surface area contributed by atoms with Crippen LogP contribution < -0.4 is 5.32 Å². The largest absolute Gasteiger partial charge is 0.481 e. The van der Waals surface area contributed by atoms with Crippen LogP contribution in [0.25, 0.3) is 10.1 Å².